The van der Waals surface area contributed by atoms with Crippen LogP contribution in [0.5, 0.6) is 0 Å². The van der Waals surface area contributed by atoms with Crippen LogP contribution < -0.4 is 5.32 Å². The van der Waals surface area contributed by atoms with Crippen molar-refractivity contribution in [3.8, 4) is 0 Å². The standard InChI is InChI=1S/C18H22N2O3S3/c1-24-16-8-4-6-14(12-16)19-17(21)13-15-7-2-3-10-20(15)26(22,23)18-9-5-11-25-18/h4-6,8-9,11-12,15H,2-3,7,10,13H2,1H3,(H,19,21)/t15-/m0/s1. The number of rotatable bonds is 6. The van der Waals surface area contributed by atoms with Crippen LogP contribution in [-0.2, 0) is 14.8 Å². The first-order valence-corrected chi connectivity index (χ1v) is 12.0. The Labute approximate surface area is 162 Å². The molecule has 1 aromatic heterocycles. The van der Waals surface area contributed by atoms with Crippen molar-refractivity contribution in [2.45, 2.75) is 40.8 Å². The van der Waals surface area contributed by atoms with Crippen LogP contribution in [0.2, 0.25) is 0 Å². The van der Waals surface area contributed by atoms with Crippen molar-refractivity contribution in [1.29, 1.82) is 0 Å². The second kappa shape index (κ2) is 8.56. The summed E-state index contributed by atoms with van der Waals surface area (Å²) in [6.07, 6.45) is 4.64. The van der Waals surface area contributed by atoms with E-state index >= 15 is 0 Å². The average Bonchev–Trinajstić information content (AvgIpc) is 3.17. The maximum atomic E-state index is 12.9. The third-order valence-corrected chi connectivity index (χ3v) is 8.46. The highest BCUT2D eigenvalue weighted by Crippen LogP contribution is 2.29. The number of benzene rings is 1. The Morgan fingerprint density at radius 2 is 2.15 bits per heavy atom. The summed E-state index contributed by atoms with van der Waals surface area (Å²) in [7, 11) is -3.53. The number of hydrogen-bond acceptors (Lipinski definition) is 5. The highest BCUT2D eigenvalue weighted by atomic mass is 32.2. The number of hydrogen-bond donors (Lipinski definition) is 1. The average molecular weight is 411 g/mol. The molecule has 0 bridgehead atoms. The predicted octanol–water partition coefficient (Wildman–Crippen LogP) is 4.04. The third kappa shape index (κ3) is 4.49. The van der Waals surface area contributed by atoms with Crippen LogP contribution in [-0.4, -0.2) is 37.5 Å². The molecule has 1 aliphatic rings. The van der Waals surface area contributed by atoms with E-state index in [4.69, 9.17) is 0 Å². The molecule has 2 aromatic rings. The van der Waals surface area contributed by atoms with E-state index in [-0.39, 0.29) is 18.4 Å². The van der Waals surface area contributed by atoms with Gasteiger partial charge in [0.05, 0.1) is 0 Å². The fraction of sp³-hybridized carbons (Fsp3) is 0.389. The molecule has 140 valence electrons. The van der Waals surface area contributed by atoms with E-state index in [2.05, 4.69) is 5.32 Å². The van der Waals surface area contributed by atoms with Gasteiger partial charge in [0.1, 0.15) is 4.21 Å². The molecular formula is C18H22N2O3S3. The molecule has 3 rings (SSSR count). The monoisotopic (exact) mass is 410 g/mol. The van der Waals surface area contributed by atoms with Crippen molar-refractivity contribution in [2.75, 3.05) is 18.1 Å². The lowest BCUT2D eigenvalue weighted by Crippen LogP contribution is -2.45. The Bertz CT molecular complexity index is 850. The zero-order valence-corrected chi connectivity index (χ0v) is 17.0. The number of piperidine rings is 1. The maximum absolute atomic E-state index is 12.9. The molecule has 0 radical (unpaired) electrons. The molecule has 0 saturated carbocycles. The molecule has 0 spiro atoms. The van der Waals surface area contributed by atoms with Crippen molar-refractivity contribution in [2.24, 2.45) is 0 Å². The van der Waals surface area contributed by atoms with E-state index in [0.717, 1.165) is 23.4 Å². The molecule has 0 aliphatic carbocycles. The minimum Gasteiger partial charge on any atom is -0.326 e. The molecular weight excluding hydrogens is 388 g/mol. The first-order chi connectivity index (χ1) is 12.5. The number of carbonyl (C=O) groups excluding carboxylic acids is 1. The molecule has 1 saturated heterocycles. The summed E-state index contributed by atoms with van der Waals surface area (Å²) >= 11 is 2.83. The number of nitrogens with one attached hydrogen (secondary N) is 1. The molecule has 8 heteroatoms. The molecule has 5 nitrogen and oxygen atoms in total. The number of thioether (sulfide) groups is 1. The van der Waals surface area contributed by atoms with Crippen molar-refractivity contribution < 1.29 is 13.2 Å². The zero-order chi connectivity index (χ0) is 18.6. The Morgan fingerprint density at radius 1 is 1.31 bits per heavy atom. The van der Waals surface area contributed by atoms with E-state index in [9.17, 15) is 13.2 Å². The minimum absolute atomic E-state index is 0.151. The summed E-state index contributed by atoms with van der Waals surface area (Å²) in [6.45, 7) is 0.472. The third-order valence-electron chi connectivity index (χ3n) is 4.41. The second-order valence-corrected chi connectivity index (χ2v) is 10.1. The minimum atomic E-state index is -3.53. The molecule has 1 amide bonds. The predicted molar refractivity (Wildman–Crippen MR) is 107 cm³/mol. The number of thiophene rings is 1. The first-order valence-electron chi connectivity index (χ1n) is 8.50. The van der Waals surface area contributed by atoms with Crippen molar-refractivity contribution in [1.82, 2.24) is 4.31 Å². The molecule has 1 aromatic carbocycles. The van der Waals surface area contributed by atoms with Gasteiger partial charge in [0.25, 0.3) is 10.0 Å². The smallest absolute Gasteiger partial charge is 0.252 e. The Morgan fingerprint density at radius 3 is 2.88 bits per heavy atom. The summed E-state index contributed by atoms with van der Waals surface area (Å²) in [4.78, 5) is 13.6. The number of nitrogens with zero attached hydrogens (tertiary/aromatic N) is 1. The van der Waals surface area contributed by atoms with Gasteiger partial charge in [0, 0.05) is 29.6 Å². The Hall–Kier alpha value is -1.35. The van der Waals surface area contributed by atoms with E-state index in [1.807, 2.05) is 30.5 Å². The van der Waals surface area contributed by atoms with E-state index < -0.39 is 10.0 Å². The van der Waals surface area contributed by atoms with Gasteiger partial charge in [-0.05, 0) is 48.7 Å². The van der Waals surface area contributed by atoms with Crippen LogP contribution in [0.4, 0.5) is 5.69 Å². The highest BCUT2D eigenvalue weighted by Gasteiger charge is 2.35. The van der Waals surface area contributed by atoms with Gasteiger partial charge in [0.15, 0.2) is 0 Å². The summed E-state index contributed by atoms with van der Waals surface area (Å²) < 4.78 is 27.6. The molecule has 2 heterocycles. The molecule has 0 unspecified atom stereocenters. The summed E-state index contributed by atoms with van der Waals surface area (Å²) in [6, 6.07) is 10.7. The summed E-state index contributed by atoms with van der Waals surface area (Å²) in [5.41, 5.74) is 0.741. The Kier molecular flexibility index (Phi) is 6.39. The maximum Gasteiger partial charge on any atom is 0.252 e. The topological polar surface area (TPSA) is 66.5 Å². The molecule has 1 N–H and O–H groups in total. The van der Waals surface area contributed by atoms with Crippen molar-refractivity contribution >= 4 is 44.7 Å². The van der Waals surface area contributed by atoms with Gasteiger partial charge in [0.2, 0.25) is 5.91 Å². The number of carbonyl (C=O) groups is 1. The molecule has 26 heavy (non-hydrogen) atoms. The van der Waals surface area contributed by atoms with Crippen LogP contribution in [0.3, 0.4) is 0 Å². The fourth-order valence-electron chi connectivity index (χ4n) is 3.15. The van der Waals surface area contributed by atoms with Gasteiger partial charge in [-0.2, -0.15) is 4.31 Å². The highest BCUT2D eigenvalue weighted by molar-refractivity contribution is 7.98. The second-order valence-electron chi connectivity index (χ2n) is 6.18. The largest absolute Gasteiger partial charge is 0.326 e. The summed E-state index contributed by atoms with van der Waals surface area (Å²) in [5.74, 6) is -0.151. The first kappa shape index (κ1) is 19.4. The van der Waals surface area contributed by atoms with Crippen LogP contribution in [0, 0.1) is 0 Å². The zero-order valence-electron chi connectivity index (χ0n) is 14.6. The Balaban J connectivity index is 1.71. The van der Waals surface area contributed by atoms with Gasteiger partial charge in [-0.15, -0.1) is 23.1 Å². The normalized spacial score (nSPS) is 18.6. The van der Waals surface area contributed by atoms with Gasteiger partial charge >= 0.3 is 0 Å². The lowest BCUT2D eigenvalue weighted by molar-refractivity contribution is -0.117. The lowest BCUT2D eigenvalue weighted by Gasteiger charge is -2.34. The van der Waals surface area contributed by atoms with E-state index in [1.54, 1.807) is 29.3 Å². The van der Waals surface area contributed by atoms with Crippen LogP contribution >= 0.6 is 23.1 Å². The van der Waals surface area contributed by atoms with Gasteiger partial charge in [-0.3, -0.25) is 4.79 Å². The van der Waals surface area contributed by atoms with Crippen molar-refractivity contribution in [3.63, 3.8) is 0 Å². The SMILES string of the molecule is CSc1cccc(NC(=O)C[C@@H]2CCCCN2S(=O)(=O)c2cccs2)c1. The molecule has 1 aliphatic heterocycles. The number of sulfonamides is 1. The van der Waals surface area contributed by atoms with Crippen LogP contribution in [0.25, 0.3) is 0 Å². The van der Waals surface area contributed by atoms with Gasteiger partial charge in [-0.1, -0.05) is 18.6 Å². The number of amides is 1. The van der Waals surface area contributed by atoms with Gasteiger partial charge in [-0.25, -0.2) is 8.42 Å². The summed E-state index contributed by atoms with van der Waals surface area (Å²) in [5, 5.41) is 4.66. The van der Waals surface area contributed by atoms with E-state index in [1.165, 1.54) is 15.6 Å². The molecule has 1 atom stereocenters. The lowest BCUT2D eigenvalue weighted by atomic mass is 10.0. The van der Waals surface area contributed by atoms with Crippen LogP contribution in [0.15, 0.2) is 50.9 Å². The molecule has 1 fully saturated rings. The van der Waals surface area contributed by atoms with Crippen LogP contribution in [0.1, 0.15) is 25.7 Å². The number of anilines is 1. The quantitative estimate of drug-likeness (QED) is 0.730. The van der Waals surface area contributed by atoms with Crippen molar-refractivity contribution in [3.05, 3.63) is 41.8 Å². The van der Waals surface area contributed by atoms with E-state index in [0.29, 0.717) is 17.2 Å². The van der Waals surface area contributed by atoms with Gasteiger partial charge < -0.3 is 5.32 Å². The fourth-order valence-corrected chi connectivity index (χ4v) is 6.42.